The van der Waals surface area contributed by atoms with Crippen LogP contribution in [-0.4, -0.2) is 6.71 Å². The van der Waals surface area contributed by atoms with E-state index in [9.17, 15) is 0 Å². The molecule has 9 aromatic carbocycles. The highest BCUT2D eigenvalue weighted by Gasteiger charge is 2.53. The second-order valence-corrected chi connectivity index (χ2v) is 16.2. The fourth-order valence-electron chi connectivity index (χ4n) is 10.2. The van der Waals surface area contributed by atoms with Crippen LogP contribution in [-0.2, 0) is 5.41 Å². The molecule has 3 aliphatic rings. The Balaban J connectivity index is 1.31. The molecule has 0 amide bonds. The van der Waals surface area contributed by atoms with Gasteiger partial charge in [0, 0.05) is 21.7 Å². The SMILES string of the molecule is c1ccc(N2c3ccccc3B3c4ccccc4C(c4ccccc4)(c4ccccc4)c4cc5c(c2c43)Sc2ccccc2N5c2cccc3ccccc23)cc1. The lowest BCUT2D eigenvalue weighted by Crippen LogP contribution is -2.65. The van der Waals surface area contributed by atoms with E-state index >= 15 is 0 Å². The van der Waals surface area contributed by atoms with E-state index in [-0.39, 0.29) is 6.71 Å². The summed E-state index contributed by atoms with van der Waals surface area (Å²) in [7, 11) is 0. The summed E-state index contributed by atoms with van der Waals surface area (Å²) < 4.78 is 0. The molecule has 0 spiro atoms. The molecule has 266 valence electrons. The first-order valence-corrected chi connectivity index (χ1v) is 20.5. The second-order valence-electron chi connectivity index (χ2n) is 15.2. The van der Waals surface area contributed by atoms with Crippen molar-refractivity contribution in [2.75, 3.05) is 9.80 Å². The lowest BCUT2D eigenvalue weighted by Gasteiger charge is -2.50. The largest absolute Gasteiger partial charge is 0.310 e. The molecule has 3 heterocycles. The summed E-state index contributed by atoms with van der Waals surface area (Å²) in [5.74, 6) is 0. The Morgan fingerprint density at radius 3 is 1.77 bits per heavy atom. The molecule has 0 bridgehead atoms. The average Bonchev–Trinajstić information content (AvgIpc) is 3.29. The second kappa shape index (κ2) is 12.6. The van der Waals surface area contributed by atoms with Gasteiger partial charge in [-0.05, 0) is 81.0 Å². The summed E-state index contributed by atoms with van der Waals surface area (Å²) in [6, 6.07) is 78.9. The Morgan fingerprint density at radius 2 is 1.00 bits per heavy atom. The van der Waals surface area contributed by atoms with Crippen LogP contribution >= 0.6 is 11.8 Å². The van der Waals surface area contributed by atoms with Crippen molar-refractivity contribution in [2.45, 2.75) is 15.2 Å². The molecule has 0 saturated heterocycles. The van der Waals surface area contributed by atoms with Gasteiger partial charge in [-0.3, -0.25) is 0 Å². The molecule has 9 aromatic rings. The number of fused-ring (bicyclic) bond motifs is 8. The molecular weight excluding hydrogens is 707 g/mol. The van der Waals surface area contributed by atoms with Gasteiger partial charge in [-0.2, -0.15) is 0 Å². The third kappa shape index (κ3) is 4.56. The van der Waals surface area contributed by atoms with Crippen LogP contribution in [0.5, 0.6) is 0 Å². The standard InChI is InChI=1S/C53H35BN2S/c1-4-21-37(22-5-1)53(38-23-6-2-7-24-38)41-28-12-13-29-43(41)54-44-30-14-15-31-46(44)55(39-25-8-3-9-26-39)51-50(54)42(53)35-48-52(51)57-49-34-17-16-32-47(49)56(48)45-33-18-20-36-19-10-11-27-40(36)45/h1-35H. The van der Waals surface area contributed by atoms with Crippen LogP contribution in [0.15, 0.2) is 222 Å². The Bertz CT molecular complexity index is 2970. The number of benzene rings is 9. The molecule has 3 aliphatic heterocycles. The highest BCUT2D eigenvalue weighted by atomic mass is 32.2. The highest BCUT2D eigenvalue weighted by Crippen LogP contribution is 2.60. The zero-order valence-corrected chi connectivity index (χ0v) is 31.9. The van der Waals surface area contributed by atoms with Crippen molar-refractivity contribution in [1.82, 2.24) is 0 Å². The maximum atomic E-state index is 2.58. The molecule has 0 fully saturated rings. The van der Waals surface area contributed by atoms with E-state index in [1.807, 2.05) is 11.8 Å². The van der Waals surface area contributed by atoms with Crippen molar-refractivity contribution in [3.8, 4) is 0 Å². The molecule has 0 atom stereocenters. The molecule has 0 saturated carbocycles. The Kier molecular flexibility index (Phi) is 7.21. The minimum absolute atomic E-state index is 0.0250. The topological polar surface area (TPSA) is 6.48 Å². The van der Waals surface area contributed by atoms with Crippen molar-refractivity contribution < 1.29 is 0 Å². The van der Waals surface area contributed by atoms with Gasteiger partial charge < -0.3 is 9.80 Å². The molecule has 0 aliphatic carbocycles. The first kappa shape index (κ1) is 32.5. The smallest absolute Gasteiger partial charge is 0.247 e. The van der Waals surface area contributed by atoms with E-state index in [0.29, 0.717) is 0 Å². The fourth-order valence-corrected chi connectivity index (χ4v) is 11.3. The quantitative estimate of drug-likeness (QED) is 0.166. The molecule has 2 nitrogen and oxygen atoms in total. The van der Waals surface area contributed by atoms with E-state index in [1.165, 1.54) is 87.6 Å². The molecular formula is C53H35BN2S. The molecule has 0 unspecified atom stereocenters. The summed E-state index contributed by atoms with van der Waals surface area (Å²) in [5, 5.41) is 2.45. The van der Waals surface area contributed by atoms with Crippen LogP contribution in [0.3, 0.4) is 0 Å². The van der Waals surface area contributed by atoms with E-state index in [2.05, 4.69) is 222 Å². The number of hydrogen-bond donors (Lipinski definition) is 0. The minimum Gasteiger partial charge on any atom is -0.310 e. The first-order valence-electron chi connectivity index (χ1n) is 19.7. The number of anilines is 6. The number of hydrogen-bond acceptors (Lipinski definition) is 3. The van der Waals surface area contributed by atoms with E-state index < -0.39 is 5.41 Å². The number of rotatable bonds is 4. The summed E-state index contributed by atoms with van der Waals surface area (Å²) in [6.07, 6.45) is 0. The Labute approximate surface area is 337 Å². The van der Waals surface area contributed by atoms with Crippen molar-refractivity contribution in [2.24, 2.45) is 0 Å². The molecule has 0 aromatic heterocycles. The van der Waals surface area contributed by atoms with Gasteiger partial charge in [0.15, 0.2) is 0 Å². The average molecular weight is 743 g/mol. The van der Waals surface area contributed by atoms with Crippen LogP contribution in [0.2, 0.25) is 0 Å². The molecule has 12 rings (SSSR count). The Morgan fingerprint density at radius 1 is 0.421 bits per heavy atom. The van der Waals surface area contributed by atoms with Crippen molar-refractivity contribution in [3.05, 3.63) is 235 Å². The van der Waals surface area contributed by atoms with Crippen molar-refractivity contribution in [3.63, 3.8) is 0 Å². The van der Waals surface area contributed by atoms with Crippen LogP contribution in [0.4, 0.5) is 34.1 Å². The van der Waals surface area contributed by atoms with Gasteiger partial charge in [0.05, 0.1) is 33.1 Å². The highest BCUT2D eigenvalue weighted by molar-refractivity contribution is 8.00. The predicted octanol–water partition coefficient (Wildman–Crippen LogP) is 11.8. The van der Waals surface area contributed by atoms with E-state index in [0.717, 1.165) is 5.69 Å². The normalized spacial score (nSPS) is 14.3. The summed E-state index contributed by atoms with van der Waals surface area (Å²) in [5.41, 5.74) is 15.8. The van der Waals surface area contributed by atoms with Gasteiger partial charge in [0.2, 0.25) is 6.71 Å². The van der Waals surface area contributed by atoms with Crippen LogP contribution in [0, 0.1) is 0 Å². The van der Waals surface area contributed by atoms with Crippen molar-refractivity contribution >= 4 is 79.8 Å². The maximum absolute atomic E-state index is 2.58. The molecule has 57 heavy (non-hydrogen) atoms. The number of para-hydroxylation sites is 3. The monoisotopic (exact) mass is 742 g/mol. The summed E-state index contributed by atoms with van der Waals surface area (Å²) >= 11 is 1.91. The van der Waals surface area contributed by atoms with Gasteiger partial charge in [-0.1, -0.05) is 187 Å². The Hall–Kier alpha value is -6.75. The van der Waals surface area contributed by atoms with Gasteiger partial charge in [-0.15, -0.1) is 0 Å². The van der Waals surface area contributed by atoms with E-state index in [1.54, 1.807) is 0 Å². The predicted molar refractivity (Wildman–Crippen MR) is 240 cm³/mol. The summed E-state index contributed by atoms with van der Waals surface area (Å²) in [6.45, 7) is 0.0250. The van der Waals surface area contributed by atoms with Gasteiger partial charge in [-0.25, -0.2) is 0 Å². The van der Waals surface area contributed by atoms with Crippen LogP contribution < -0.4 is 26.2 Å². The lowest BCUT2D eigenvalue weighted by molar-refractivity contribution is 0.749. The zero-order chi connectivity index (χ0) is 37.5. The lowest BCUT2D eigenvalue weighted by atomic mass is 9.29. The first-order chi connectivity index (χ1) is 28.3. The summed E-state index contributed by atoms with van der Waals surface area (Å²) in [4.78, 5) is 7.63. The third-order valence-electron chi connectivity index (χ3n) is 12.3. The minimum atomic E-state index is -0.616. The fraction of sp³-hybridized carbons (Fsp3) is 0.0189. The molecule has 0 N–H and O–H groups in total. The van der Waals surface area contributed by atoms with Gasteiger partial charge in [0.1, 0.15) is 0 Å². The molecule has 0 radical (unpaired) electrons. The number of nitrogens with zero attached hydrogens (tertiary/aromatic N) is 2. The van der Waals surface area contributed by atoms with Gasteiger partial charge >= 0.3 is 0 Å². The maximum Gasteiger partial charge on any atom is 0.247 e. The van der Waals surface area contributed by atoms with Crippen LogP contribution in [0.25, 0.3) is 10.8 Å². The van der Waals surface area contributed by atoms with Crippen LogP contribution in [0.1, 0.15) is 22.3 Å². The van der Waals surface area contributed by atoms with E-state index in [4.69, 9.17) is 0 Å². The zero-order valence-electron chi connectivity index (χ0n) is 31.1. The van der Waals surface area contributed by atoms with Crippen molar-refractivity contribution in [1.29, 1.82) is 0 Å². The molecule has 4 heteroatoms. The third-order valence-corrected chi connectivity index (χ3v) is 13.5. The van der Waals surface area contributed by atoms with Gasteiger partial charge in [0.25, 0.3) is 0 Å².